The van der Waals surface area contributed by atoms with E-state index in [9.17, 15) is 19.5 Å². The Labute approximate surface area is 154 Å². The molecule has 1 fully saturated rings. The van der Waals surface area contributed by atoms with Crippen LogP contribution in [-0.4, -0.2) is 40.8 Å². The highest BCUT2D eigenvalue weighted by atomic mass is 32.1. The van der Waals surface area contributed by atoms with Crippen molar-refractivity contribution in [2.45, 2.75) is 26.7 Å². The minimum absolute atomic E-state index is 0.0360. The molecule has 3 amide bonds. The van der Waals surface area contributed by atoms with Gasteiger partial charge in [-0.05, 0) is 38.8 Å². The predicted molar refractivity (Wildman–Crippen MR) is 101 cm³/mol. The topological polar surface area (TPSA) is 113 Å². The molecule has 0 spiro atoms. The third-order valence-electron chi connectivity index (χ3n) is 4.53. The highest BCUT2D eigenvalue weighted by Gasteiger charge is 2.32. The van der Waals surface area contributed by atoms with Gasteiger partial charge in [-0.2, -0.15) is 0 Å². The smallest absolute Gasteiger partial charge is 0.259 e. The van der Waals surface area contributed by atoms with E-state index in [0.717, 1.165) is 24.2 Å². The third-order valence-corrected chi connectivity index (χ3v) is 5.67. The molecule has 4 N–H and O–H groups in total. The molecule has 2 aromatic rings. The van der Waals surface area contributed by atoms with Crippen molar-refractivity contribution in [2.24, 2.45) is 11.7 Å². The molecule has 0 unspecified atom stereocenters. The molecule has 26 heavy (non-hydrogen) atoms. The lowest BCUT2D eigenvalue weighted by Crippen LogP contribution is -2.30. The van der Waals surface area contributed by atoms with Gasteiger partial charge in [0.2, 0.25) is 5.91 Å². The summed E-state index contributed by atoms with van der Waals surface area (Å²) < 4.78 is 0.446. The normalized spacial score (nSPS) is 13.6. The molecule has 0 atom stereocenters. The van der Waals surface area contributed by atoms with E-state index in [1.54, 1.807) is 11.0 Å². The number of primary amides is 1. The number of rotatable bonds is 6. The molecule has 1 aromatic heterocycles. The van der Waals surface area contributed by atoms with E-state index in [1.807, 2.05) is 13.8 Å². The van der Waals surface area contributed by atoms with Gasteiger partial charge < -0.3 is 21.1 Å². The summed E-state index contributed by atoms with van der Waals surface area (Å²) in [6.45, 7) is 4.68. The van der Waals surface area contributed by atoms with Gasteiger partial charge in [0.1, 0.15) is 10.8 Å². The lowest BCUT2D eigenvalue weighted by molar-refractivity contribution is -0.117. The van der Waals surface area contributed by atoms with E-state index in [1.165, 1.54) is 6.07 Å². The van der Waals surface area contributed by atoms with Gasteiger partial charge in [-0.3, -0.25) is 14.4 Å². The van der Waals surface area contributed by atoms with Crippen LogP contribution in [-0.2, 0) is 4.79 Å². The number of hydrogen-bond donors (Lipinski definition) is 3. The van der Waals surface area contributed by atoms with Crippen molar-refractivity contribution < 1.29 is 19.5 Å². The molecule has 0 aliphatic heterocycles. The number of nitrogens with two attached hydrogens (primary N) is 1. The van der Waals surface area contributed by atoms with Gasteiger partial charge in [0, 0.05) is 24.4 Å². The molecule has 7 nitrogen and oxygen atoms in total. The summed E-state index contributed by atoms with van der Waals surface area (Å²) in [6, 6.07) is 2.93. The third kappa shape index (κ3) is 3.12. The quantitative estimate of drug-likeness (QED) is 0.720. The van der Waals surface area contributed by atoms with Crippen LogP contribution in [0.1, 0.15) is 47.4 Å². The van der Waals surface area contributed by atoms with E-state index < -0.39 is 5.91 Å². The summed E-state index contributed by atoms with van der Waals surface area (Å²) in [5, 5.41) is 13.8. The maximum absolute atomic E-state index is 12.8. The molecule has 3 rings (SSSR count). The number of amides is 3. The second kappa shape index (κ2) is 6.95. The fraction of sp³-hybridized carbons (Fsp3) is 0.389. The van der Waals surface area contributed by atoms with Crippen LogP contribution in [0.4, 0.5) is 5.00 Å². The van der Waals surface area contributed by atoms with Crippen molar-refractivity contribution in [3.63, 3.8) is 0 Å². The Morgan fingerprint density at radius 1 is 1.23 bits per heavy atom. The summed E-state index contributed by atoms with van der Waals surface area (Å²) in [5.41, 5.74) is 5.83. The van der Waals surface area contributed by atoms with E-state index in [0.29, 0.717) is 28.2 Å². The van der Waals surface area contributed by atoms with Crippen molar-refractivity contribution in [3.8, 4) is 5.75 Å². The van der Waals surface area contributed by atoms with Gasteiger partial charge >= 0.3 is 0 Å². The minimum Gasteiger partial charge on any atom is -0.507 e. The van der Waals surface area contributed by atoms with Crippen molar-refractivity contribution in [1.29, 1.82) is 0 Å². The fourth-order valence-corrected chi connectivity index (χ4v) is 4.16. The van der Waals surface area contributed by atoms with E-state index in [2.05, 4.69) is 5.32 Å². The molecule has 1 aliphatic rings. The zero-order valence-corrected chi connectivity index (χ0v) is 15.5. The average molecular weight is 375 g/mol. The first kappa shape index (κ1) is 18.2. The highest BCUT2D eigenvalue weighted by Crippen LogP contribution is 2.42. The Bertz CT molecular complexity index is 897. The summed E-state index contributed by atoms with van der Waals surface area (Å²) in [5.74, 6) is -1.36. The summed E-state index contributed by atoms with van der Waals surface area (Å²) >= 11 is 1.09. The van der Waals surface area contributed by atoms with Gasteiger partial charge in [0.25, 0.3) is 11.8 Å². The molecule has 0 radical (unpaired) electrons. The van der Waals surface area contributed by atoms with E-state index >= 15 is 0 Å². The Morgan fingerprint density at radius 3 is 2.42 bits per heavy atom. The molecular formula is C18H21N3O4S. The second-order valence-electron chi connectivity index (χ2n) is 6.25. The Kier molecular flexibility index (Phi) is 4.86. The maximum Gasteiger partial charge on any atom is 0.259 e. The number of thiophene rings is 1. The minimum atomic E-state index is -0.686. The van der Waals surface area contributed by atoms with Crippen LogP contribution in [0.15, 0.2) is 12.1 Å². The van der Waals surface area contributed by atoms with Crippen LogP contribution in [0.5, 0.6) is 5.75 Å². The molecule has 0 saturated heterocycles. The van der Waals surface area contributed by atoms with Crippen molar-refractivity contribution in [3.05, 3.63) is 23.3 Å². The van der Waals surface area contributed by atoms with Gasteiger partial charge in [0.05, 0.1) is 15.8 Å². The van der Waals surface area contributed by atoms with Gasteiger partial charge in [-0.1, -0.05) is 0 Å². The molecule has 1 aliphatic carbocycles. The SMILES string of the molecule is CCN(CC)C(=O)c1c(O)ccc2c(C(N)=O)c(NC(=O)C3CC3)sc12. The fourth-order valence-electron chi connectivity index (χ4n) is 2.92. The summed E-state index contributed by atoms with van der Waals surface area (Å²) in [6.07, 6.45) is 1.66. The number of hydrogen-bond acceptors (Lipinski definition) is 5. The monoisotopic (exact) mass is 375 g/mol. The molecule has 138 valence electrons. The number of aromatic hydroxyl groups is 1. The first-order valence-electron chi connectivity index (χ1n) is 8.57. The number of nitrogens with zero attached hydrogens (tertiary/aromatic N) is 1. The number of anilines is 1. The lowest BCUT2D eigenvalue weighted by Gasteiger charge is -2.19. The first-order chi connectivity index (χ1) is 12.4. The van der Waals surface area contributed by atoms with Crippen LogP contribution >= 0.6 is 11.3 Å². The van der Waals surface area contributed by atoms with E-state index in [-0.39, 0.29) is 34.6 Å². The van der Waals surface area contributed by atoms with Crippen LogP contribution in [0.2, 0.25) is 0 Å². The number of phenols is 1. The average Bonchev–Trinajstić information content (AvgIpc) is 3.37. The molecule has 1 aromatic carbocycles. The second-order valence-corrected chi connectivity index (χ2v) is 7.27. The maximum atomic E-state index is 12.8. The summed E-state index contributed by atoms with van der Waals surface area (Å²) in [7, 11) is 0. The zero-order valence-electron chi connectivity index (χ0n) is 14.7. The Morgan fingerprint density at radius 2 is 1.88 bits per heavy atom. The highest BCUT2D eigenvalue weighted by molar-refractivity contribution is 7.24. The van der Waals surface area contributed by atoms with Crippen molar-refractivity contribution >= 4 is 44.1 Å². The van der Waals surface area contributed by atoms with Gasteiger partial charge in [0.15, 0.2) is 0 Å². The molecule has 0 bridgehead atoms. The largest absolute Gasteiger partial charge is 0.507 e. The summed E-state index contributed by atoms with van der Waals surface area (Å²) in [4.78, 5) is 38.6. The number of carbonyl (C=O) groups excluding carboxylic acids is 3. The van der Waals surface area contributed by atoms with Gasteiger partial charge in [-0.25, -0.2) is 0 Å². The zero-order chi connectivity index (χ0) is 19.0. The van der Waals surface area contributed by atoms with Crippen LogP contribution in [0.3, 0.4) is 0 Å². The predicted octanol–water partition coefficient (Wildman–Crippen LogP) is 2.54. The Balaban J connectivity index is 2.16. The van der Waals surface area contributed by atoms with Gasteiger partial charge in [-0.15, -0.1) is 11.3 Å². The molecule has 1 heterocycles. The van der Waals surface area contributed by atoms with E-state index in [4.69, 9.17) is 5.73 Å². The molecule has 1 saturated carbocycles. The number of fused-ring (bicyclic) bond motifs is 1. The first-order valence-corrected chi connectivity index (χ1v) is 9.39. The number of phenolic OH excluding ortho intramolecular Hbond substituents is 1. The van der Waals surface area contributed by atoms with Crippen LogP contribution in [0.25, 0.3) is 10.1 Å². The lowest BCUT2D eigenvalue weighted by atomic mass is 10.1. The van der Waals surface area contributed by atoms with Crippen molar-refractivity contribution in [2.75, 3.05) is 18.4 Å². The standard InChI is InChI=1S/C18H21N3O4S/c1-3-21(4-2)18(25)13-11(22)8-7-10-12(15(19)23)17(26-14(10)13)20-16(24)9-5-6-9/h7-9,22H,3-6H2,1-2H3,(H2,19,23)(H,20,24). The number of carbonyl (C=O) groups is 3. The van der Waals surface area contributed by atoms with Crippen molar-refractivity contribution in [1.82, 2.24) is 4.90 Å². The van der Waals surface area contributed by atoms with Crippen LogP contribution < -0.4 is 11.1 Å². The number of benzene rings is 1. The molecule has 8 heteroatoms. The Hall–Kier alpha value is -2.61. The molecular weight excluding hydrogens is 354 g/mol. The van der Waals surface area contributed by atoms with Crippen LogP contribution in [0, 0.1) is 5.92 Å². The number of nitrogens with one attached hydrogen (secondary N) is 1.